The number of carboxylic acid groups (broad SMARTS) is 2. The quantitative estimate of drug-likeness (QED) is 0.0460. The van der Waals surface area contributed by atoms with Gasteiger partial charge in [0.05, 0.1) is 23.8 Å². The van der Waals surface area contributed by atoms with Gasteiger partial charge in [-0.2, -0.15) is 0 Å². The first-order valence-corrected chi connectivity index (χ1v) is 38.1. The van der Waals surface area contributed by atoms with Crippen LogP contribution in [0.2, 0.25) is 20.1 Å². The van der Waals surface area contributed by atoms with Crippen molar-refractivity contribution in [1.29, 1.82) is 0 Å². The summed E-state index contributed by atoms with van der Waals surface area (Å²) in [5.41, 5.74) is 5.74. The summed E-state index contributed by atoms with van der Waals surface area (Å²) in [7, 11) is 1.38. The molecular formula is C79H77BrCl4N8O13S2. The number of benzene rings is 8. The van der Waals surface area contributed by atoms with Crippen molar-refractivity contribution in [3.8, 4) is 23.0 Å². The van der Waals surface area contributed by atoms with Crippen LogP contribution in [-0.2, 0) is 29.9 Å². The molecule has 2 aromatic heterocycles. The standard InChI is InChI=1S/C25H25ClN4O3S.2C14H11ClO3.C11H16N4OS.C9H9BrO2.C6H5ClO/c26-20-2-1-3-22(14-20)33-17-18-4-6-19(7-5-18)24(31)30-15-21(16-30)28-9-11-29(12-10-28)25(32)23-27-8-13-34-23;2*15-12-2-1-3-13(8-12)18-9-10-4-6-11(7-5-10)14(16)17;16-11(10-13-1-6-17-10)15-4-2-14(3-5-15)9-7-12-8-9;1-12-9(11)8-4-2-7(6-10)3-5-8;7-5-2-1-3-6(8)4-5/h1-8,13-14,21H,9-12,15-17H2;2*1-8H,9H2,(H,16,17);1,6,9,12H,2-5,7-8H2;2-5H,6H2,1H3;1-4,8H. The van der Waals surface area contributed by atoms with E-state index in [1.165, 1.54) is 35.8 Å². The number of esters is 1. The first-order valence-electron chi connectivity index (χ1n) is 33.7. The zero-order valence-electron chi connectivity index (χ0n) is 58.0. The van der Waals surface area contributed by atoms with E-state index in [-0.39, 0.29) is 40.6 Å². The van der Waals surface area contributed by atoms with E-state index in [0.29, 0.717) is 103 Å². The summed E-state index contributed by atoms with van der Waals surface area (Å²) in [6.07, 6.45) is 3.35. The number of carbonyl (C=O) groups is 6. The fourth-order valence-electron chi connectivity index (χ4n) is 10.8. The molecule has 6 heterocycles. The Morgan fingerprint density at radius 3 is 1.14 bits per heavy atom. The van der Waals surface area contributed by atoms with E-state index >= 15 is 0 Å². The molecule has 0 saturated carbocycles. The van der Waals surface area contributed by atoms with Gasteiger partial charge in [-0.3, -0.25) is 24.2 Å². The van der Waals surface area contributed by atoms with Crippen LogP contribution in [0.4, 0.5) is 0 Å². The number of hydrogen-bond acceptors (Lipinski definition) is 18. The summed E-state index contributed by atoms with van der Waals surface area (Å²) in [6.45, 7) is 11.5. The highest BCUT2D eigenvalue weighted by molar-refractivity contribution is 9.08. The van der Waals surface area contributed by atoms with Crippen LogP contribution in [0.1, 0.15) is 83.3 Å². The van der Waals surface area contributed by atoms with Gasteiger partial charge in [0.2, 0.25) is 0 Å². The molecule has 3 amide bonds. The second-order valence-corrected chi connectivity index (χ2v) is 28.3. The summed E-state index contributed by atoms with van der Waals surface area (Å²) in [4.78, 5) is 88.5. The highest BCUT2D eigenvalue weighted by atomic mass is 79.9. The van der Waals surface area contributed by atoms with E-state index in [0.717, 1.165) is 93.0 Å². The van der Waals surface area contributed by atoms with Crippen molar-refractivity contribution < 1.29 is 63.0 Å². The van der Waals surface area contributed by atoms with Crippen LogP contribution in [0.5, 0.6) is 23.0 Å². The number of methoxy groups -OCH3 is 1. The number of alkyl halides is 1. The molecule has 0 atom stereocenters. The molecule has 28 heteroatoms. The maximum absolute atomic E-state index is 12.9. The number of carboxylic acids is 2. The number of rotatable bonds is 18. The van der Waals surface area contributed by atoms with Crippen LogP contribution in [-0.4, -0.2) is 183 Å². The molecule has 10 aromatic rings. The number of carbonyl (C=O) groups excluding carboxylic acids is 4. The SMILES string of the molecule is COC(=O)c1ccc(CBr)cc1.O=C(O)c1ccc(COc2cccc(Cl)c2)cc1.O=C(O)c1ccc(COc2cccc(Cl)c2)cc1.O=C(c1ccc(COc2cccc(Cl)c2)cc1)N1CC(N2CCN(C(=O)c3nccs3)CC2)C1.O=C(c1nccs1)N1CCN(C2CNC2)CC1.Oc1cccc(Cl)c1. The first-order chi connectivity index (χ1) is 51.8. The highest BCUT2D eigenvalue weighted by Gasteiger charge is 2.37. The van der Waals surface area contributed by atoms with Crippen LogP contribution < -0.4 is 19.5 Å². The minimum atomic E-state index is -0.933. The Hall–Kier alpha value is -9.44. The third-order valence-corrected chi connectivity index (χ3v) is 20.0. The number of aromatic hydroxyl groups is 1. The van der Waals surface area contributed by atoms with Crippen LogP contribution in [0, 0.1) is 0 Å². The molecule has 558 valence electrons. The van der Waals surface area contributed by atoms with Gasteiger partial charge in [0.15, 0.2) is 10.0 Å². The van der Waals surface area contributed by atoms with Crippen molar-refractivity contribution in [3.05, 3.63) is 292 Å². The van der Waals surface area contributed by atoms with Crippen molar-refractivity contribution >= 4 is 121 Å². The number of halogens is 5. The average Bonchev–Trinajstić information content (AvgIpc) is 0.838. The Kier molecular flexibility index (Phi) is 32.2. The number of phenolic OH excluding ortho intramolecular Hbond substituents is 1. The summed E-state index contributed by atoms with van der Waals surface area (Å²) in [5.74, 6) is 0.287. The molecule has 4 fully saturated rings. The van der Waals surface area contributed by atoms with Gasteiger partial charge in [0.1, 0.15) is 42.8 Å². The Morgan fingerprint density at radius 2 is 0.822 bits per heavy atom. The third kappa shape index (κ3) is 26.2. The summed E-state index contributed by atoms with van der Waals surface area (Å²) in [5, 5.41) is 37.6. The van der Waals surface area contributed by atoms with E-state index in [9.17, 15) is 28.8 Å². The Bertz CT molecular complexity index is 4360. The van der Waals surface area contributed by atoms with Gasteiger partial charge in [-0.05, 0) is 144 Å². The van der Waals surface area contributed by atoms with Crippen molar-refractivity contribution in [2.24, 2.45) is 0 Å². The topological polar surface area (TPSA) is 254 Å². The monoisotopic (exact) mass is 1630 g/mol. The maximum atomic E-state index is 12.9. The molecule has 4 N–H and O–H groups in total. The number of phenols is 1. The molecule has 0 bridgehead atoms. The minimum absolute atomic E-state index is 0.0153. The molecule has 0 unspecified atom stereocenters. The van der Waals surface area contributed by atoms with E-state index in [4.69, 9.17) is 75.9 Å². The number of hydrogen-bond donors (Lipinski definition) is 4. The van der Waals surface area contributed by atoms with E-state index < -0.39 is 11.9 Å². The molecule has 4 saturated heterocycles. The highest BCUT2D eigenvalue weighted by Crippen LogP contribution is 2.25. The summed E-state index contributed by atoms with van der Waals surface area (Å²) >= 11 is 29.3. The van der Waals surface area contributed by atoms with Gasteiger partial charge in [-0.25, -0.2) is 24.4 Å². The zero-order valence-corrected chi connectivity index (χ0v) is 64.3. The fraction of sp³-hybridized carbons (Fsp3) is 0.241. The van der Waals surface area contributed by atoms with Crippen LogP contribution in [0.3, 0.4) is 0 Å². The Balaban J connectivity index is 0.000000157. The summed E-state index contributed by atoms with van der Waals surface area (Å²) < 4.78 is 21.4. The number of aromatic nitrogens is 2. The van der Waals surface area contributed by atoms with Gasteiger partial charge in [-0.15, -0.1) is 22.7 Å². The molecule has 14 rings (SSSR count). The molecule has 0 radical (unpaired) electrons. The number of aromatic carboxylic acids is 2. The van der Waals surface area contributed by atoms with Crippen LogP contribution in [0.25, 0.3) is 0 Å². The second-order valence-electron chi connectivity index (χ2n) is 24.2. The lowest BCUT2D eigenvalue weighted by atomic mass is 10.0. The number of likely N-dealkylation sites (tertiary alicyclic amines) is 1. The van der Waals surface area contributed by atoms with Crippen LogP contribution >= 0.6 is 85.0 Å². The molecule has 21 nitrogen and oxygen atoms in total. The normalized spacial score (nSPS) is 14.1. The van der Waals surface area contributed by atoms with Crippen molar-refractivity contribution in [3.63, 3.8) is 0 Å². The molecule has 0 spiro atoms. The molecule has 4 aliphatic heterocycles. The second kappa shape index (κ2) is 42.2. The van der Waals surface area contributed by atoms with E-state index in [2.05, 4.69) is 45.8 Å². The lowest BCUT2D eigenvalue weighted by molar-refractivity contribution is 0.00849. The number of piperazine rings is 2. The van der Waals surface area contributed by atoms with Crippen LogP contribution in [0.15, 0.2) is 217 Å². The number of thiazole rings is 2. The number of nitrogens with one attached hydrogen (secondary N) is 1. The molecular weight excluding hydrogens is 1550 g/mol. The predicted octanol–water partition coefficient (Wildman–Crippen LogP) is 15.2. The van der Waals surface area contributed by atoms with Crippen molar-refractivity contribution in [1.82, 2.24) is 39.8 Å². The van der Waals surface area contributed by atoms with Gasteiger partial charge < -0.3 is 54.3 Å². The van der Waals surface area contributed by atoms with E-state index in [1.54, 1.807) is 128 Å². The predicted molar refractivity (Wildman–Crippen MR) is 420 cm³/mol. The van der Waals surface area contributed by atoms with Gasteiger partial charge in [0, 0.05) is 145 Å². The third-order valence-electron chi connectivity index (χ3n) is 16.9. The maximum Gasteiger partial charge on any atom is 0.337 e. The summed E-state index contributed by atoms with van der Waals surface area (Å²) in [6, 6.07) is 57.0. The number of ether oxygens (including phenoxy) is 4. The van der Waals surface area contributed by atoms with E-state index in [1.807, 2.05) is 98.3 Å². The largest absolute Gasteiger partial charge is 0.508 e. The fourth-order valence-corrected chi connectivity index (χ4v) is 13.1. The Labute approximate surface area is 656 Å². The molecule has 8 aromatic carbocycles. The first kappa shape index (κ1) is 81.6. The van der Waals surface area contributed by atoms with Crippen molar-refractivity contribution in [2.75, 3.05) is 85.6 Å². The lowest BCUT2D eigenvalue weighted by Crippen LogP contribution is -2.64. The minimum Gasteiger partial charge on any atom is -0.508 e. The number of amides is 3. The smallest absolute Gasteiger partial charge is 0.337 e. The Morgan fingerprint density at radius 1 is 0.458 bits per heavy atom. The lowest BCUT2D eigenvalue weighted by Gasteiger charge is -2.48. The molecule has 107 heavy (non-hydrogen) atoms. The van der Waals surface area contributed by atoms with Gasteiger partial charge >= 0.3 is 17.9 Å². The van der Waals surface area contributed by atoms with Gasteiger partial charge in [0.25, 0.3) is 17.7 Å². The molecule has 0 aliphatic carbocycles. The molecule has 4 aliphatic rings. The zero-order chi connectivity index (χ0) is 76.0. The number of nitrogens with zero attached hydrogens (tertiary/aromatic N) is 7. The van der Waals surface area contributed by atoms with Gasteiger partial charge in [-0.1, -0.05) is 135 Å². The average molecular weight is 1630 g/mol. The van der Waals surface area contributed by atoms with Crippen molar-refractivity contribution in [2.45, 2.75) is 37.2 Å².